The zero-order valence-corrected chi connectivity index (χ0v) is 63.7. The molecule has 1 fully saturated rings. The number of primary amides is 2. The van der Waals surface area contributed by atoms with Crippen molar-refractivity contribution in [2.24, 2.45) is 17.2 Å². The molecule has 42 heteroatoms. The number of rotatable bonds is 35. The van der Waals surface area contributed by atoms with Gasteiger partial charge in [0.2, 0.25) is 88.6 Å². The number of amides is 15. The molecule has 3 heterocycles. The number of aliphatic hydroxyl groups is 1. The van der Waals surface area contributed by atoms with Crippen LogP contribution in [-0.4, -0.2) is 242 Å². The first-order valence-electron chi connectivity index (χ1n) is 37.3. The van der Waals surface area contributed by atoms with Gasteiger partial charge < -0.3 is 121 Å². The molecule has 1 aliphatic heterocycles. The van der Waals surface area contributed by atoms with E-state index in [1.807, 2.05) is 5.32 Å². The van der Waals surface area contributed by atoms with Crippen molar-refractivity contribution in [1.29, 1.82) is 0 Å². The molecule has 628 valence electrons. The van der Waals surface area contributed by atoms with Crippen molar-refractivity contribution in [2.45, 2.75) is 215 Å². The number of carbonyl (C=O) groups excluding carboxylic acids is 16. The molecule has 1 aliphatic rings. The lowest BCUT2D eigenvalue weighted by Crippen LogP contribution is -2.62. The Kier molecular flexibility index (Phi) is 38.0. The highest BCUT2D eigenvalue weighted by molar-refractivity contribution is 6.02. The number of hydrogen-bond acceptors (Lipinski definition) is 22. The number of aliphatic hydroxyl groups excluding tert-OH is 1. The predicted molar refractivity (Wildman–Crippen MR) is 404 cm³/mol. The van der Waals surface area contributed by atoms with Crippen molar-refractivity contribution in [3.63, 3.8) is 0 Å². The topological polar surface area (TPSA) is 681 Å². The van der Waals surface area contributed by atoms with E-state index in [4.69, 9.17) is 21.9 Å². The van der Waals surface area contributed by atoms with Gasteiger partial charge in [-0.2, -0.15) is 0 Å². The van der Waals surface area contributed by atoms with Gasteiger partial charge in [-0.05, 0) is 75.8 Å². The molecule has 5 rings (SSSR count). The number of aromatic nitrogens is 2. The molecule has 2 aromatic heterocycles. The van der Waals surface area contributed by atoms with E-state index in [0.717, 1.165) is 46.0 Å². The van der Waals surface area contributed by atoms with E-state index in [0.29, 0.717) is 40.2 Å². The van der Waals surface area contributed by atoms with Crippen molar-refractivity contribution in [1.82, 2.24) is 79.1 Å². The minimum Gasteiger partial charge on any atom is -0.481 e. The molecule has 0 spiro atoms. The summed E-state index contributed by atoms with van der Waals surface area (Å²) in [5.41, 5.74) is 18.9. The van der Waals surface area contributed by atoms with E-state index in [1.165, 1.54) is 6.20 Å². The number of hydrogen-bond donors (Lipinski definition) is 22. The van der Waals surface area contributed by atoms with Crippen LogP contribution in [0.1, 0.15) is 141 Å². The fourth-order valence-corrected chi connectivity index (χ4v) is 12.1. The number of para-hydroxylation sites is 2. The molecular weight excluding hydrogens is 1510 g/mol. The number of benzene rings is 2. The third-order valence-corrected chi connectivity index (χ3v) is 18.2. The summed E-state index contributed by atoms with van der Waals surface area (Å²) in [5.74, 6) is -25.2. The Morgan fingerprint density at radius 2 is 0.974 bits per heavy atom. The molecule has 2 aromatic carbocycles. The van der Waals surface area contributed by atoms with Gasteiger partial charge in [0, 0.05) is 59.9 Å². The van der Waals surface area contributed by atoms with Crippen molar-refractivity contribution < 1.29 is 116 Å². The number of aliphatic carboxylic acids is 3. The molecular formula is C73H102N18O24. The number of esters is 1. The number of aromatic amines is 2. The van der Waals surface area contributed by atoms with E-state index < -0.39 is 250 Å². The lowest BCUT2D eigenvalue weighted by atomic mass is 10.0. The molecule has 0 bridgehead atoms. The molecule has 0 unspecified atom stereocenters. The highest BCUT2D eigenvalue weighted by Gasteiger charge is 2.40. The number of ether oxygens (including phenoxy) is 1. The van der Waals surface area contributed by atoms with Crippen LogP contribution in [0.4, 0.5) is 0 Å². The number of H-pyrrole nitrogens is 2. The van der Waals surface area contributed by atoms with Gasteiger partial charge >= 0.3 is 23.9 Å². The van der Waals surface area contributed by atoms with Gasteiger partial charge in [-0.1, -0.05) is 81.8 Å². The summed E-state index contributed by atoms with van der Waals surface area (Å²) in [5, 5.41) is 69.9. The van der Waals surface area contributed by atoms with Crippen LogP contribution in [0.25, 0.3) is 21.8 Å². The number of fused-ring (bicyclic) bond motifs is 2. The maximum absolute atomic E-state index is 15.0. The van der Waals surface area contributed by atoms with Crippen molar-refractivity contribution in [3.8, 4) is 0 Å². The summed E-state index contributed by atoms with van der Waals surface area (Å²) in [6.45, 7) is 0.577. The van der Waals surface area contributed by atoms with Crippen LogP contribution >= 0.6 is 0 Å². The molecule has 115 heavy (non-hydrogen) atoms. The van der Waals surface area contributed by atoms with E-state index in [1.54, 1.807) is 54.7 Å². The maximum atomic E-state index is 15.0. The van der Waals surface area contributed by atoms with Crippen LogP contribution < -0.4 is 86.3 Å². The van der Waals surface area contributed by atoms with Crippen molar-refractivity contribution in [3.05, 3.63) is 72.1 Å². The number of carboxylic acid groups (broad SMARTS) is 3. The minimum atomic E-state index is -2.31. The zero-order valence-electron chi connectivity index (χ0n) is 63.7. The Labute approximate surface area is 658 Å². The second-order valence-corrected chi connectivity index (χ2v) is 27.5. The standard InChI is InChI=1S/C73H102N18O24/c1-4-5-6-7-8-9-10-22-56(95)83-47(26-39-32-77-43-19-13-11-17-41(39)43)68(109)87-48(28-54(75)93)69(110)88-49(29-55(76)94)70(111)91-62-38(3)115-73(114)52(27-40-33-78-44-20-14-12-18-42(40)44)90-66(107)46(23-24-59(98)99)85-71(112)53(36-92)84-58(97)34-79-64(105)50(30-60(100)101)86-63(104)37(2)81-67(108)51(31-61(102)103)89-65(106)45(21-15-16-25-74)82-57(96)35-80-72(62)113/h11-14,17-20,32-33,37-38,45-53,62,77-78,92H,4-10,15-16,21-31,34-36,74H2,1-3H3,(H2,75,93)(H2,76,94)(H,79,105)(H,80,113)(H,81,108)(H,82,96)(H,83,95)(H,84,97)(H,85,112)(H,86,104)(H,87,109)(H,88,110)(H,89,106)(H,90,107)(H,91,111)(H,98,99)(H,100,101)(H,102,103)/t37-,38-,45+,46+,47+,48-,49+,50+,51+,52+,53-,62+/m1/s1. The molecule has 15 amide bonds. The van der Waals surface area contributed by atoms with Gasteiger partial charge in [0.15, 0.2) is 0 Å². The first-order chi connectivity index (χ1) is 54.6. The number of cyclic esters (lactones) is 1. The van der Waals surface area contributed by atoms with Crippen LogP contribution in [0.2, 0.25) is 0 Å². The van der Waals surface area contributed by atoms with Crippen molar-refractivity contribution in [2.75, 3.05) is 26.2 Å². The molecule has 1 saturated heterocycles. The van der Waals surface area contributed by atoms with E-state index >= 15 is 0 Å². The molecule has 25 N–H and O–H groups in total. The quantitative estimate of drug-likeness (QED) is 0.0151. The third-order valence-electron chi connectivity index (χ3n) is 18.2. The molecule has 12 atom stereocenters. The summed E-state index contributed by atoms with van der Waals surface area (Å²) in [4.78, 5) is 266. The van der Waals surface area contributed by atoms with E-state index in [2.05, 4.69) is 80.7 Å². The normalized spacial score (nSPS) is 21.0. The fourth-order valence-electron chi connectivity index (χ4n) is 12.1. The monoisotopic (exact) mass is 1610 g/mol. The Hall–Kier alpha value is -12.6. The van der Waals surface area contributed by atoms with E-state index in [9.17, 15) is 112 Å². The van der Waals surface area contributed by atoms with Gasteiger partial charge in [-0.25, -0.2) is 4.79 Å². The van der Waals surface area contributed by atoms with Gasteiger partial charge in [0.25, 0.3) is 0 Å². The fraction of sp³-hybridized carbons (Fsp3) is 0.521. The molecule has 4 aromatic rings. The van der Waals surface area contributed by atoms with Crippen LogP contribution in [0.5, 0.6) is 0 Å². The van der Waals surface area contributed by atoms with Crippen molar-refractivity contribution >= 4 is 134 Å². The minimum absolute atomic E-state index is 0.00967. The number of carboxylic acids is 3. The molecule has 42 nitrogen and oxygen atoms in total. The van der Waals surface area contributed by atoms with Crippen LogP contribution in [-0.2, 0) is 109 Å². The third kappa shape index (κ3) is 31.5. The van der Waals surface area contributed by atoms with Gasteiger partial charge in [-0.3, -0.25) is 86.3 Å². The summed E-state index contributed by atoms with van der Waals surface area (Å²) < 4.78 is 5.86. The Morgan fingerprint density at radius 3 is 1.54 bits per heavy atom. The average Bonchev–Trinajstić information content (AvgIpc) is 1.72. The smallest absolute Gasteiger partial charge is 0.329 e. The van der Waals surface area contributed by atoms with Gasteiger partial charge in [-0.15, -0.1) is 0 Å². The Morgan fingerprint density at radius 1 is 0.496 bits per heavy atom. The van der Waals surface area contributed by atoms with Gasteiger partial charge in [0.1, 0.15) is 72.6 Å². The molecule has 0 radical (unpaired) electrons. The zero-order chi connectivity index (χ0) is 85.0. The molecule has 0 saturated carbocycles. The lowest BCUT2D eigenvalue weighted by molar-refractivity contribution is -0.156. The van der Waals surface area contributed by atoms with Gasteiger partial charge in [0.05, 0.1) is 45.4 Å². The van der Waals surface area contributed by atoms with Crippen LogP contribution in [0, 0.1) is 0 Å². The highest BCUT2D eigenvalue weighted by Crippen LogP contribution is 2.23. The number of unbranched alkanes of at least 4 members (excludes halogenated alkanes) is 7. The Bertz CT molecular complexity index is 4170. The highest BCUT2D eigenvalue weighted by atomic mass is 16.5. The van der Waals surface area contributed by atoms with Crippen LogP contribution in [0.15, 0.2) is 60.9 Å². The Balaban J connectivity index is 1.59. The van der Waals surface area contributed by atoms with Crippen LogP contribution in [0.3, 0.4) is 0 Å². The second kappa shape index (κ2) is 47.0. The summed E-state index contributed by atoms with van der Waals surface area (Å²) in [7, 11) is 0. The maximum Gasteiger partial charge on any atom is 0.329 e. The molecule has 0 aliphatic carbocycles. The largest absolute Gasteiger partial charge is 0.481 e. The van der Waals surface area contributed by atoms with E-state index in [-0.39, 0.29) is 44.2 Å². The second-order valence-electron chi connectivity index (χ2n) is 27.5. The number of carbonyl (C=O) groups is 19. The summed E-state index contributed by atoms with van der Waals surface area (Å²) in [6.07, 6.45) is 0.249. The summed E-state index contributed by atoms with van der Waals surface area (Å²) >= 11 is 0. The predicted octanol–water partition coefficient (Wildman–Crippen LogP) is -5.21. The summed E-state index contributed by atoms with van der Waals surface area (Å²) in [6, 6.07) is -7.95. The average molecular weight is 1620 g/mol. The lowest BCUT2D eigenvalue weighted by Gasteiger charge is -2.29. The number of nitrogens with one attached hydrogen (secondary N) is 15. The number of nitrogens with two attached hydrogens (primary N) is 3. The first kappa shape index (κ1) is 93.0. The SMILES string of the molecule is CCCCCCCCCC(=O)N[C@@H](Cc1c[nH]c2ccccc12)C(=O)N[C@H](CC(N)=O)C(=O)N[C@@H](CC(N)=O)C(=O)N[C@@H]1C(=O)NCC(=O)N[C@@H](CCCCN)C(=O)N[C@@H](CC(=O)O)C(=O)N[C@H](C)C(=O)N[C@@H](CC(=O)O)C(=O)NCC(=O)N[C@H](CO)C(=O)N[C@@H](CCC(=O)O)C(=O)N[C@@H](Cc2c[nH]c3ccccc23)C(=O)O[C@@H]1C. The first-order valence-corrected chi connectivity index (χ1v) is 37.3.